The maximum atomic E-state index is 14.5. The predicted molar refractivity (Wildman–Crippen MR) is 283 cm³/mol. The zero-order valence-electron chi connectivity index (χ0n) is 43.1. The number of carboxylic acid groups (broad SMARTS) is 1. The van der Waals surface area contributed by atoms with Crippen LogP contribution in [-0.2, 0) is 49.6 Å². The number of phenolic OH excluding ortho intramolecular Hbond substituents is 1. The van der Waals surface area contributed by atoms with E-state index in [9.17, 15) is 37.5 Å². The van der Waals surface area contributed by atoms with Crippen molar-refractivity contribution in [1.29, 1.82) is 0 Å². The Morgan fingerprint density at radius 1 is 0.833 bits per heavy atom. The summed E-state index contributed by atoms with van der Waals surface area (Å²) in [5.74, 6) is -2.55. The van der Waals surface area contributed by atoms with Crippen LogP contribution in [0.4, 0.5) is 34.3 Å². The lowest BCUT2D eigenvalue weighted by Crippen LogP contribution is -2.64. The van der Waals surface area contributed by atoms with E-state index in [1.807, 2.05) is 71.0 Å². The molecule has 0 bridgehead atoms. The number of fused-ring (bicyclic) bond motifs is 1. The smallest absolute Gasteiger partial charge is 0.430 e. The molecular formula is C56H57F3N8O10S. The Morgan fingerprint density at radius 3 is 1.92 bits per heavy atom. The number of halogens is 3. The predicted octanol–water partition coefficient (Wildman–Crippen LogP) is 6.78. The van der Waals surface area contributed by atoms with Crippen LogP contribution in [-0.4, -0.2) is 100 Å². The summed E-state index contributed by atoms with van der Waals surface area (Å²) in [6.45, 7) is 5.56. The number of hydrogen-bond donors (Lipinski definition) is 5. The molecule has 1 aromatic heterocycles. The molecule has 1 fully saturated rings. The van der Waals surface area contributed by atoms with Gasteiger partial charge in [0.05, 0.1) is 14.2 Å². The van der Waals surface area contributed by atoms with Gasteiger partial charge >= 0.3 is 24.3 Å². The van der Waals surface area contributed by atoms with Crippen molar-refractivity contribution in [2.45, 2.75) is 62.7 Å². The summed E-state index contributed by atoms with van der Waals surface area (Å²) in [5, 5.41) is 31.1. The van der Waals surface area contributed by atoms with Crippen LogP contribution in [0.5, 0.6) is 11.5 Å². The van der Waals surface area contributed by atoms with E-state index in [1.165, 1.54) is 22.9 Å². The summed E-state index contributed by atoms with van der Waals surface area (Å²) in [6, 6.07) is 42.6. The number of phenols is 1. The maximum absolute atomic E-state index is 14.5. The van der Waals surface area contributed by atoms with Gasteiger partial charge in [0, 0.05) is 36.2 Å². The Balaban J connectivity index is 0.00000118. The van der Waals surface area contributed by atoms with Crippen LogP contribution in [0.1, 0.15) is 48.6 Å². The number of carboxylic acids is 1. The molecule has 5 N–H and O–H groups in total. The molecule has 0 radical (unpaired) electrons. The second-order valence-corrected chi connectivity index (χ2v) is 19.8. The number of benzene rings is 5. The summed E-state index contributed by atoms with van der Waals surface area (Å²) < 4.78 is 51.9. The molecule has 18 nitrogen and oxygen atoms in total. The lowest BCUT2D eigenvalue weighted by atomic mass is 9.77. The molecule has 22 heteroatoms. The molecular weight excluding hydrogens is 1030 g/mol. The third-order valence-electron chi connectivity index (χ3n) is 12.1. The number of methoxy groups -OCH3 is 1. The fourth-order valence-corrected chi connectivity index (χ4v) is 9.77. The number of aliphatic imine (C=N–C) groups is 1. The zero-order valence-corrected chi connectivity index (χ0v) is 43.9. The van der Waals surface area contributed by atoms with Gasteiger partial charge in [0.2, 0.25) is 6.20 Å². The number of hydrogen-bond acceptors (Lipinski definition) is 13. The first kappa shape index (κ1) is 56.9. The van der Waals surface area contributed by atoms with Crippen molar-refractivity contribution < 1.29 is 66.2 Å². The largest absolute Gasteiger partial charge is 0.542 e. The number of urea groups is 1. The van der Waals surface area contributed by atoms with E-state index in [-0.39, 0.29) is 43.6 Å². The van der Waals surface area contributed by atoms with Crippen molar-refractivity contribution in [3.05, 3.63) is 185 Å². The average molecular weight is 1090 g/mol. The monoisotopic (exact) mass is 1090 g/mol. The molecule has 0 saturated carbocycles. The maximum Gasteiger partial charge on any atom is 0.430 e. The number of aromatic hydroxyl groups is 1. The van der Waals surface area contributed by atoms with Gasteiger partial charge < -0.3 is 45.2 Å². The number of para-hydroxylation sites is 1. The highest BCUT2D eigenvalue weighted by Gasteiger charge is 2.54. The van der Waals surface area contributed by atoms with Gasteiger partial charge in [-0.2, -0.15) is 13.2 Å². The van der Waals surface area contributed by atoms with E-state index in [0.29, 0.717) is 34.1 Å². The number of nitrogens with one attached hydrogen (secondary N) is 4. The standard InChI is InChI=1S/C54H56N8O8S.C2HF3O2/c1-53(2,3)70-52(67)56-30-29-55-51(66)58-43-33-61(60(4)47(43)59-54(39-18-9-6-10-19-39,40-20-11-7-12-21-40)41-22-13-8-14-23-41)32-38-35-71-49-45(57-31-37-17-15-16-24-44(37)63)48(64)62(49)46(38)50(65)69-34-36-25-27-42(68-5)28-26-36;3-2(4,5)1(6)7/h6-28,31,33,45,49H,29-30,32,34-35H2,1-5H3,(H4,55,56,57,58,63,66,67);(H,6,7)/t45-,49-;/m1./s1. The number of ether oxygens (including phenoxy) is 3. The highest BCUT2D eigenvalue weighted by Crippen LogP contribution is 2.44. The number of nitrogens with zero attached hydrogens (tertiary/aromatic N) is 4. The van der Waals surface area contributed by atoms with Crippen LogP contribution < -0.4 is 35.8 Å². The third-order valence-corrected chi connectivity index (χ3v) is 13.5. The Kier molecular flexibility index (Phi) is 18.2. The van der Waals surface area contributed by atoms with Crippen LogP contribution in [0, 0.1) is 0 Å². The van der Waals surface area contributed by atoms with Crippen LogP contribution in [0.25, 0.3) is 0 Å². The minimum Gasteiger partial charge on any atom is -0.542 e. The molecule has 0 aliphatic carbocycles. The van der Waals surface area contributed by atoms with Crippen molar-refractivity contribution in [3.8, 4) is 11.5 Å². The molecule has 5 aromatic carbocycles. The number of rotatable bonds is 17. The Hall–Kier alpha value is -8.79. The fourth-order valence-electron chi connectivity index (χ4n) is 8.44. The minimum absolute atomic E-state index is 0.0321. The van der Waals surface area contributed by atoms with E-state index in [1.54, 1.807) is 82.6 Å². The van der Waals surface area contributed by atoms with Gasteiger partial charge in [-0.25, -0.2) is 14.4 Å². The van der Waals surface area contributed by atoms with Gasteiger partial charge in [-0.3, -0.25) is 20.0 Å². The molecule has 6 aromatic rings. The van der Waals surface area contributed by atoms with Gasteiger partial charge in [-0.15, -0.1) is 21.1 Å². The average Bonchev–Trinajstić information content (AvgIpc) is 3.81. The molecule has 408 valence electrons. The second-order valence-electron chi connectivity index (χ2n) is 18.6. The van der Waals surface area contributed by atoms with E-state index < -0.39 is 52.8 Å². The van der Waals surface area contributed by atoms with E-state index in [0.717, 1.165) is 22.3 Å². The SMILES string of the molecule is COc1ccc(COC(=O)C2=C(C[n+]3cc(NC(=O)NCCNC(=O)OC(C)(C)C)c(NC(c4ccccc4)(c4ccccc4)c4ccccc4)n3C)CS[C@@H]3[C@H](N=Cc4ccccc4O)C(=O)N23)cc1.O=C([O-])C(F)(F)F. The molecule has 3 heterocycles. The van der Waals surface area contributed by atoms with Gasteiger partial charge in [-0.05, 0) is 67.3 Å². The molecule has 78 heavy (non-hydrogen) atoms. The Bertz CT molecular complexity index is 3060. The number of anilines is 2. The highest BCUT2D eigenvalue weighted by atomic mass is 32.2. The van der Waals surface area contributed by atoms with Crippen LogP contribution >= 0.6 is 11.8 Å². The number of alkyl carbamates (subject to hydrolysis) is 1. The Labute approximate surface area is 451 Å². The minimum atomic E-state index is -5.19. The topological polar surface area (TPSA) is 229 Å². The van der Waals surface area contributed by atoms with E-state index in [4.69, 9.17) is 24.1 Å². The zero-order chi connectivity index (χ0) is 56.2. The van der Waals surface area contributed by atoms with Crippen molar-refractivity contribution in [2.24, 2.45) is 12.0 Å². The fraction of sp³-hybridized carbons (Fsp3) is 0.268. The van der Waals surface area contributed by atoms with E-state index in [2.05, 4.69) is 62.7 Å². The first-order valence-electron chi connectivity index (χ1n) is 24.3. The van der Waals surface area contributed by atoms with E-state index >= 15 is 0 Å². The molecule has 8 rings (SSSR count). The normalized spacial score (nSPS) is 15.2. The number of carbonyl (C=O) groups excluding carboxylic acids is 5. The summed E-state index contributed by atoms with van der Waals surface area (Å²) in [7, 11) is 3.42. The second kappa shape index (κ2) is 24.9. The molecule has 2 aliphatic heterocycles. The molecule has 2 aliphatic rings. The van der Waals surface area contributed by atoms with Gasteiger partial charge in [0.15, 0.2) is 24.1 Å². The number of β-lactam (4-membered cyclic amide) rings is 1. The highest BCUT2D eigenvalue weighted by molar-refractivity contribution is 8.00. The molecule has 1 saturated heterocycles. The van der Waals surface area contributed by atoms with Crippen LogP contribution in [0.15, 0.2) is 162 Å². The van der Waals surface area contributed by atoms with Gasteiger partial charge in [-0.1, -0.05) is 115 Å². The molecule has 0 unspecified atom stereocenters. The van der Waals surface area contributed by atoms with Gasteiger partial charge in [0.25, 0.3) is 5.91 Å². The summed E-state index contributed by atoms with van der Waals surface area (Å²) in [4.78, 5) is 69.6. The number of carbonyl (C=O) groups is 5. The number of aliphatic carboxylic acids is 1. The molecule has 4 amide bonds. The Morgan fingerprint density at radius 2 is 1.38 bits per heavy atom. The quantitative estimate of drug-likeness (QED) is 0.0159. The number of aromatic nitrogens is 2. The third kappa shape index (κ3) is 13.8. The van der Waals surface area contributed by atoms with Crippen LogP contribution in [0.3, 0.4) is 0 Å². The summed E-state index contributed by atoms with van der Waals surface area (Å²) >= 11 is 1.47. The van der Waals surface area contributed by atoms with Crippen molar-refractivity contribution in [2.75, 3.05) is 36.6 Å². The number of thioether (sulfide) groups is 1. The van der Waals surface area contributed by atoms with Crippen molar-refractivity contribution in [3.63, 3.8) is 0 Å². The van der Waals surface area contributed by atoms with Crippen LogP contribution in [0.2, 0.25) is 0 Å². The number of amides is 4. The van der Waals surface area contributed by atoms with Gasteiger partial charge in [0.1, 0.15) is 46.3 Å². The summed E-state index contributed by atoms with van der Waals surface area (Å²) in [5.41, 5.74) is 3.36. The number of alkyl halides is 3. The van der Waals surface area contributed by atoms with Crippen molar-refractivity contribution in [1.82, 2.24) is 20.2 Å². The first-order chi connectivity index (χ1) is 37.2. The van der Waals surface area contributed by atoms with Crippen molar-refractivity contribution >= 4 is 59.5 Å². The first-order valence-corrected chi connectivity index (χ1v) is 25.4. The lowest BCUT2D eigenvalue weighted by molar-refractivity contribution is -0.765. The summed E-state index contributed by atoms with van der Waals surface area (Å²) in [6.07, 6.45) is -2.54. The molecule has 2 atom stereocenters. The lowest BCUT2D eigenvalue weighted by Gasteiger charge is -2.47. The number of esters is 1. The molecule has 0 spiro atoms.